The van der Waals surface area contributed by atoms with Crippen molar-refractivity contribution in [3.8, 4) is 0 Å². The lowest BCUT2D eigenvalue weighted by Crippen LogP contribution is -2.41. The van der Waals surface area contributed by atoms with E-state index in [4.69, 9.17) is 0 Å². The van der Waals surface area contributed by atoms with Gasteiger partial charge in [0, 0.05) is 11.8 Å². The van der Waals surface area contributed by atoms with E-state index in [0.29, 0.717) is 10.8 Å². The summed E-state index contributed by atoms with van der Waals surface area (Å²) < 4.78 is 0. The van der Waals surface area contributed by atoms with Crippen LogP contribution < -0.4 is 5.32 Å². The standard InChI is InChI=1S/C13H27NS/c1-12(2,3)6-7-14-11-8-13(4,5)10-15-9-11/h11,14H,6-10H2,1-5H3. The number of rotatable bonds is 3. The molecule has 1 saturated heterocycles. The molecule has 1 aliphatic rings. The summed E-state index contributed by atoms with van der Waals surface area (Å²) in [6, 6.07) is 0.737. The lowest BCUT2D eigenvalue weighted by Gasteiger charge is -2.35. The summed E-state index contributed by atoms with van der Waals surface area (Å²) in [5.74, 6) is 2.62. The van der Waals surface area contributed by atoms with Gasteiger partial charge < -0.3 is 5.32 Å². The second-order valence-corrected chi connectivity index (χ2v) is 7.88. The molecule has 0 radical (unpaired) electrons. The van der Waals surface area contributed by atoms with E-state index in [2.05, 4.69) is 51.7 Å². The van der Waals surface area contributed by atoms with Gasteiger partial charge in [-0.1, -0.05) is 34.6 Å². The van der Waals surface area contributed by atoms with Crippen LogP contribution in [0.2, 0.25) is 0 Å². The first kappa shape index (κ1) is 13.4. The summed E-state index contributed by atoms with van der Waals surface area (Å²) in [4.78, 5) is 0. The van der Waals surface area contributed by atoms with Gasteiger partial charge in [-0.3, -0.25) is 0 Å². The first-order valence-corrected chi connectivity index (χ1v) is 7.25. The molecule has 0 aromatic rings. The van der Waals surface area contributed by atoms with E-state index < -0.39 is 0 Å². The summed E-state index contributed by atoms with van der Waals surface area (Å²) in [6.45, 7) is 12.9. The maximum absolute atomic E-state index is 3.71. The Labute approximate surface area is 99.8 Å². The fraction of sp³-hybridized carbons (Fsp3) is 1.00. The molecule has 1 atom stereocenters. The third-order valence-corrected chi connectivity index (χ3v) is 4.54. The highest BCUT2D eigenvalue weighted by atomic mass is 32.2. The van der Waals surface area contributed by atoms with E-state index in [1.165, 1.54) is 30.9 Å². The molecule has 1 N–H and O–H groups in total. The zero-order chi connectivity index (χ0) is 11.5. The lowest BCUT2D eigenvalue weighted by atomic mass is 9.87. The molecule has 1 fully saturated rings. The van der Waals surface area contributed by atoms with E-state index in [1.807, 2.05) is 0 Å². The number of hydrogen-bond donors (Lipinski definition) is 1. The summed E-state index contributed by atoms with van der Waals surface area (Å²) in [6.07, 6.45) is 2.61. The zero-order valence-corrected chi connectivity index (χ0v) is 11.8. The average molecular weight is 229 g/mol. The summed E-state index contributed by atoms with van der Waals surface area (Å²) >= 11 is 2.11. The lowest BCUT2D eigenvalue weighted by molar-refractivity contribution is 0.299. The molecule has 0 spiro atoms. The quantitative estimate of drug-likeness (QED) is 0.794. The van der Waals surface area contributed by atoms with Gasteiger partial charge in [0.1, 0.15) is 0 Å². The third-order valence-electron chi connectivity index (χ3n) is 2.92. The van der Waals surface area contributed by atoms with Crippen LogP contribution in [-0.4, -0.2) is 24.1 Å². The van der Waals surface area contributed by atoms with Crippen LogP contribution >= 0.6 is 11.8 Å². The SMILES string of the molecule is CC(C)(C)CCNC1CSCC(C)(C)C1. The Morgan fingerprint density at radius 3 is 2.53 bits per heavy atom. The third kappa shape index (κ3) is 5.82. The molecule has 1 nitrogen and oxygen atoms in total. The van der Waals surface area contributed by atoms with Crippen molar-refractivity contribution in [1.82, 2.24) is 5.32 Å². The van der Waals surface area contributed by atoms with Gasteiger partial charge in [-0.25, -0.2) is 0 Å². The average Bonchev–Trinajstić information content (AvgIpc) is 1.99. The van der Waals surface area contributed by atoms with E-state index in [9.17, 15) is 0 Å². The van der Waals surface area contributed by atoms with Crippen LogP contribution in [0.25, 0.3) is 0 Å². The van der Waals surface area contributed by atoms with E-state index in [0.717, 1.165) is 6.04 Å². The fourth-order valence-corrected chi connectivity index (χ4v) is 3.35. The van der Waals surface area contributed by atoms with Crippen molar-refractivity contribution in [3.63, 3.8) is 0 Å². The molecular weight excluding hydrogens is 202 g/mol. The predicted octanol–water partition coefficient (Wildman–Crippen LogP) is 3.54. The first-order chi connectivity index (χ1) is 6.79. The molecular formula is C13H27NS. The van der Waals surface area contributed by atoms with Crippen LogP contribution in [0.1, 0.15) is 47.5 Å². The van der Waals surface area contributed by atoms with Crippen molar-refractivity contribution in [1.29, 1.82) is 0 Å². The molecule has 1 heterocycles. The normalized spacial score (nSPS) is 26.6. The molecule has 0 aromatic heterocycles. The predicted molar refractivity (Wildman–Crippen MR) is 71.6 cm³/mol. The van der Waals surface area contributed by atoms with Crippen molar-refractivity contribution in [3.05, 3.63) is 0 Å². The van der Waals surface area contributed by atoms with Crippen LogP contribution in [0.5, 0.6) is 0 Å². The van der Waals surface area contributed by atoms with Crippen LogP contribution in [0.15, 0.2) is 0 Å². The zero-order valence-electron chi connectivity index (χ0n) is 11.0. The molecule has 1 aliphatic heterocycles. The maximum atomic E-state index is 3.71. The molecule has 15 heavy (non-hydrogen) atoms. The summed E-state index contributed by atoms with van der Waals surface area (Å²) in [5, 5.41) is 3.71. The van der Waals surface area contributed by atoms with Crippen molar-refractivity contribution in [2.24, 2.45) is 10.8 Å². The van der Waals surface area contributed by atoms with E-state index in [1.54, 1.807) is 0 Å². The highest BCUT2D eigenvalue weighted by Gasteiger charge is 2.28. The Hall–Kier alpha value is 0.310. The number of hydrogen-bond acceptors (Lipinski definition) is 2. The number of nitrogens with one attached hydrogen (secondary N) is 1. The largest absolute Gasteiger partial charge is 0.313 e. The molecule has 0 bridgehead atoms. The minimum Gasteiger partial charge on any atom is -0.313 e. The Morgan fingerprint density at radius 1 is 1.33 bits per heavy atom. The van der Waals surface area contributed by atoms with Gasteiger partial charge in [-0.15, -0.1) is 0 Å². The van der Waals surface area contributed by atoms with Crippen molar-refractivity contribution >= 4 is 11.8 Å². The van der Waals surface area contributed by atoms with Gasteiger partial charge in [-0.05, 0) is 36.0 Å². The molecule has 2 heteroatoms. The van der Waals surface area contributed by atoms with Gasteiger partial charge in [0.25, 0.3) is 0 Å². The minimum atomic E-state index is 0.463. The smallest absolute Gasteiger partial charge is 0.0163 e. The highest BCUT2D eigenvalue weighted by molar-refractivity contribution is 7.99. The molecule has 1 rings (SSSR count). The van der Waals surface area contributed by atoms with Crippen LogP contribution in [0.4, 0.5) is 0 Å². The van der Waals surface area contributed by atoms with Gasteiger partial charge in [0.05, 0.1) is 0 Å². The Morgan fingerprint density at radius 2 is 2.00 bits per heavy atom. The molecule has 90 valence electrons. The Kier molecular flexibility index (Phi) is 4.54. The molecule has 0 aliphatic carbocycles. The second-order valence-electron chi connectivity index (χ2n) is 6.85. The topological polar surface area (TPSA) is 12.0 Å². The maximum Gasteiger partial charge on any atom is 0.0163 e. The Bertz CT molecular complexity index is 193. The van der Waals surface area contributed by atoms with Gasteiger partial charge in [0.2, 0.25) is 0 Å². The minimum absolute atomic E-state index is 0.463. The molecule has 1 unspecified atom stereocenters. The van der Waals surface area contributed by atoms with E-state index >= 15 is 0 Å². The van der Waals surface area contributed by atoms with Gasteiger partial charge >= 0.3 is 0 Å². The Balaban J connectivity index is 2.22. The van der Waals surface area contributed by atoms with Crippen LogP contribution in [0.3, 0.4) is 0 Å². The van der Waals surface area contributed by atoms with Gasteiger partial charge in [0.15, 0.2) is 0 Å². The highest BCUT2D eigenvalue weighted by Crippen LogP contribution is 2.33. The summed E-state index contributed by atoms with van der Waals surface area (Å²) in [5.41, 5.74) is 0.993. The first-order valence-electron chi connectivity index (χ1n) is 6.10. The van der Waals surface area contributed by atoms with Crippen LogP contribution in [0, 0.1) is 10.8 Å². The van der Waals surface area contributed by atoms with Crippen molar-refractivity contribution in [2.75, 3.05) is 18.1 Å². The van der Waals surface area contributed by atoms with E-state index in [-0.39, 0.29) is 0 Å². The van der Waals surface area contributed by atoms with Crippen molar-refractivity contribution in [2.45, 2.75) is 53.5 Å². The van der Waals surface area contributed by atoms with Crippen molar-refractivity contribution < 1.29 is 0 Å². The van der Waals surface area contributed by atoms with Gasteiger partial charge in [-0.2, -0.15) is 11.8 Å². The molecule has 0 amide bonds. The molecule has 0 saturated carbocycles. The number of thioether (sulfide) groups is 1. The monoisotopic (exact) mass is 229 g/mol. The fourth-order valence-electron chi connectivity index (χ4n) is 2.04. The second kappa shape index (κ2) is 5.09. The van der Waals surface area contributed by atoms with Crippen LogP contribution in [-0.2, 0) is 0 Å². The summed E-state index contributed by atoms with van der Waals surface area (Å²) in [7, 11) is 0. The molecule has 0 aromatic carbocycles.